The molecule has 7 nitrogen and oxygen atoms in total. The zero-order valence-electron chi connectivity index (χ0n) is 15.9. The van der Waals surface area contributed by atoms with Crippen molar-refractivity contribution < 1.29 is 19.4 Å². The summed E-state index contributed by atoms with van der Waals surface area (Å²) in [5.41, 5.74) is -0.444. The lowest BCUT2D eigenvalue weighted by Gasteiger charge is -2.43. The van der Waals surface area contributed by atoms with E-state index in [-0.39, 0.29) is 30.3 Å². The third-order valence-electron chi connectivity index (χ3n) is 5.95. The normalized spacial score (nSPS) is 34.5. The number of likely N-dealkylation sites (N-methyl/N-ethyl adjacent to an activating group) is 2. The van der Waals surface area contributed by atoms with E-state index >= 15 is 0 Å². The second-order valence-electron chi connectivity index (χ2n) is 7.08. The number of amides is 1. The number of carbonyl (C=O) groups excluding carboxylic acids is 2. The molecule has 25 heavy (non-hydrogen) atoms. The number of nitrogens with one attached hydrogen (secondary N) is 1. The van der Waals surface area contributed by atoms with E-state index in [9.17, 15) is 14.7 Å². The lowest BCUT2D eigenvalue weighted by Crippen LogP contribution is -2.56. The number of ketones is 1. The first-order valence-electron chi connectivity index (χ1n) is 8.95. The molecule has 2 rings (SSSR count). The van der Waals surface area contributed by atoms with Crippen LogP contribution in [0.2, 0.25) is 0 Å². The second kappa shape index (κ2) is 7.85. The van der Waals surface area contributed by atoms with E-state index in [1.165, 1.54) is 4.90 Å². The highest BCUT2D eigenvalue weighted by atomic mass is 16.5. The van der Waals surface area contributed by atoms with Crippen LogP contribution in [-0.2, 0) is 14.3 Å². The summed E-state index contributed by atoms with van der Waals surface area (Å²) in [5, 5.41) is 13.5. The van der Waals surface area contributed by atoms with Crippen LogP contribution < -0.4 is 5.32 Å². The average Bonchev–Trinajstić information content (AvgIpc) is 2.79. The van der Waals surface area contributed by atoms with Crippen molar-refractivity contribution in [3.05, 3.63) is 11.8 Å². The number of allylic oxidation sites excluding steroid dienone is 1. The molecular weight excluding hydrogens is 322 g/mol. The van der Waals surface area contributed by atoms with Crippen molar-refractivity contribution in [3.63, 3.8) is 0 Å². The van der Waals surface area contributed by atoms with Gasteiger partial charge in [-0.2, -0.15) is 0 Å². The summed E-state index contributed by atoms with van der Waals surface area (Å²) in [4.78, 5) is 28.6. The summed E-state index contributed by atoms with van der Waals surface area (Å²) < 4.78 is 5.64. The predicted octanol–water partition coefficient (Wildman–Crippen LogP) is 0.693. The number of nitrogens with zero attached hydrogens (tertiary/aromatic N) is 2. The van der Waals surface area contributed by atoms with E-state index in [1.54, 1.807) is 39.1 Å². The molecule has 2 aliphatic rings. The molecule has 0 aromatic heterocycles. The minimum atomic E-state index is -1.11. The Kier molecular flexibility index (Phi) is 6.24. The molecule has 0 aromatic rings. The third kappa shape index (κ3) is 3.32. The number of aliphatic hydroxyl groups is 1. The van der Waals surface area contributed by atoms with Gasteiger partial charge in [0.2, 0.25) is 5.91 Å². The van der Waals surface area contributed by atoms with E-state index in [2.05, 4.69) is 5.32 Å². The molecule has 1 aliphatic carbocycles. The van der Waals surface area contributed by atoms with Gasteiger partial charge in [-0.3, -0.25) is 14.5 Å². The highest BCUT2D eigenvalue weighted by Gasteiger charge is 2.58. The van der Waals surface area contributed by atoms with Crippen LogP contribution in [0.25, 0.3) is 0 Å². The summed E-state index contributed by atoms with van der Waals surface area (Å²) in [5.74, 6) is -0.442. The maximum Gasteiger partial charge on any atom is 0.246 e. The van der Waals surface area contributed by atoms with E-state index in [0.29, 0.717) is 5.70 Å². The van der Waals surface area contributed by atoms with Gasteiger partial charge in [0.05, 0.1) is 18.3 Å². The highest BCUT2D eigenvalue weighted by Crippen LogP contribution is 2.42. The molecule has 0 aromatic carbocycles. The minimum absolute atomic E-state index is 0.0102. The quantitative estimate of drug-likeness (QED) is 0.684. The van der Waals surface area contributed by atoms with Gasteiger partial charge >= 0.3 is 0 Å². The number of hydrogen-bond donors (Lipinski definition) is 2. The molecule has 1 heterocycles. The van der Waals surface area contributed by atoms with Crippen molar-refractivity contribution in [2.45, 2.75) is 57.5 Å². The molecule has 1 amide bonds. The number of ether oxygens (including phenoxy) is 1. The van der Waals surface area contributed by atoms with Gasteiger partial charge in [-0.15, -0.1) is 0 Å². The van der Waals surface area contributed by atoms with Gasteiger partial charge in [0, 0.05) is 20.1 Å². The lowest BCUT2D eigenvalue weighted by molar-refractivity contribution is -0.142. The Labute approximate surface area is 150 Å². The Morgan fingerprint density at radius 3 is 2.64 bits per heavy atom. The number of hydrogen-bond acceptors (Lipinski definition) is 6. The summed E-state index contributed by atoms with van der Waals surface area (Å²) >= 11 is 0. The summed E-state index contributed by atoms with van der Waals surface area (Å²) in [6.45, 7) is 3.47. The van der Waals surface area contributed by atoms with Crippen molar-refractivity contribution in [1.82, 2.24) is 15.1 Å². The van der Waals surface area contributed by atoms with Crippen molar-refractivity contribution >= 4 is 11.7 Å². The fourth-order valence-corrected chi connectivity index (χ4v) is 4.28. The van der Waals surface area contributed by atoms with Gasteiger partial charge in [-0.1, -0.05) is 18.9 Å². The van der Waals surface area contributed by atoms with E-state index in [0.717, 1.165) is 25.7 Å². The Morgan fingerprint density at radius 1 is 1.44 bits per heavy atom. The zero-order valence-corrected chi connectivity index (χ0v) is 15.9. The van der Waals surface area contributed by atoms with E-state index in [4.69, 9.17) is 4.74 Å². The largest absolute Gasteiger partial charge is 0.385 e. The predicted molar refractivity (Wildman–Crippen MR) is 94.5 cm³/mol. The number of carbonyl (C=O) groups is 2. The van der Waals surface area contributed by atoms with Gasteiger partial charge in [-0.25, -0.2) is 4.90 Å². The van der Waals surface area contributed by atoms with Gasteiger partial charge < -0.3 is 15.2 Å². The van der Waals surface area contributed by atoms with Crippen LogP contribution >= 0.6 is 0 Å². The first-order chi connectivity index (χ1) is 11.8. The third-order valence-corrected chi connectivity index (χ3v) is 5.95. The van der Waals surface area contributed by atoms with E-state index < -0.39 is 11.9 Å². The molecule has 2 N–H and O–H groups in total. The van der Waals surface area contributed by atoms with Gasteiger partial charge in [0.1, 0.15) is 5.54 Å². The van der Waals surface area contributed by atoms with Crippen molar-refractivity contribution in [1.29, 1.82) is 0 Å². The fraction of sp³-hybridized carbons (Fsp3) is 0.778. The number of aliphatic hydroxyl groups excluding tert-OH is 1. The number of Topliss-reactive ketones (excluding diaryl/α,β-unsaturated/α-hetero) is 1. The Balaban J connectivity index is 2.27. The summed E-state index contributed by atoms with van der Waals surface area (Å²) in [7, 11) is 5.08. The van der Waals surface area contributed by atoms with E-state index in [1.807, 2.05) is 6.92 Å². The average molecular weight is 353 g/mol. The molecule has 1 aliphatic heterocycles. The van der Waals surface area contributed by atoms with Crippen LogP contribution in [-0.4, -0.2) is 72.3 Å². The van der Waals surface area contributed by atoms with Gasteiger partial charge in [-0.05, 0) is 33.7 Å². The highest BCUT2D eigenvalue weighted by molar-refractivity contribution is 6.00. The van der Waals surface area contributed by atoms with Crippen LogP contribution in [0.3, 0.4) is 0 Å². The smallest absolute Gasteiger partial charge is 0.246 e. The summed E-state index contributed by atoms with van der Waals surface area (Å²) in [6.07, 6.45) is 4.44. The lowest BCUT2D eigenvalue weighted by atomic mass is 9.73. The molecular formula is C18H31N3O4. The topological polar surface area (TPSA) is 82.1 Å². The Bertz CT molecular complexity index is 550. The fourth-order valence-electron chi connectivity index (χ4n) is 4.28. The molecule has 2 fully saturated rings. The van der Waals surface area contributed by atoms with Gasteiger partial charge in [0.15, 0.2) is 12.1 Å². The van der Waals surface area contributed by atoms with Crippen molar-refractivity contribution in [2.75, 3.05) is 27.7 Å². The minimum Gasteiger partial charge on any atom is -0.385 e. The first kappa shape index (κ1) is 19.9. The van der Waals surface area contributed by atoms with Crippen LogP contribution in [0, 0.1) is 5.92 Å². The van der Waals surface area contributed by atoms with Crippen LogP contribution in [0.15, 0.2) is 11.8 Å². The number of rotatable bonds is 6. The maximum atomic E-state index is 13.2. The Morgan fingerprint density at radius 2 is 2.08 bits per heavy atom. The molecule has 1 saturated carbocycles. The SMILES string of the molecule is C/C=C(\NC)C(=O)CN1C(=O)C(C)(C2CCCCC2OC)N(C)C1O. The summed E-state index contributed by atoms with van der Waals surface area (Å²) in [6, 6.07) is 0. The monoisotopic (exact) mass is 353 g/mol. The number of methoxy groups -OCH3 is 1. The van der Waals surface area contributed by atoms with Crippen LogP contribution in [0.5, 0.6) is 0 Å². The zero-order chi connectivity index (χ0) is 18.8. The molecule has 4 atom stereocenters. The molecule has 0 spiro atoms. The second-order valence-corrected chi connectivity index (χ2v) is 7.08. The van der Waals surface area contributed by atoms with Crippen molar-refractivity contribution in [3.8, 4) is 0 Å². The van der Waals surface area contributed by atoms with Gasteiger partial charge in [0.25, 0.3) is 0 Å². The Hall–Kier alpha value is -1.44. The van der Waals surface area contributed by atoms with Crippen molar-refractivity contribution in [2.24, 2.45) is 5.92 Å². The first-order valence-corrected chi connectivity index (χ1v) is 8.95. The van der Waals surface area contributed by atoms with Crippen LogP contribution in [0.4, 0.5) is 0 Å². The maximum absolute atomic E-state index is 13.2. The molecule has 142 valence electrons. The molecule has 4 unspecified atom stereocenters. The van der Waals surface area contributed by atoms with Crippen LogP contribution in [0.1, 0.15) is 39.5 Å². The molecule has 7 heteroatoms. The standard InChI is InChI=1S/C18H31N3O4/c1-6-13(19-3)14(22)11-21-16(23)18(2,20(4)17(21)24)12-9-7-8-10-15(12)25-5/h6,12,15,17,19,24H,7-11H2,1-5H3/b13-6-. The molecule has 0 bridgehead atoms. The molecule has 1 saturated heterocycles. The molecule has 0 radical (unpaired) electrons.